The highest BCUT2D eigenvalue weighted by atomic mass is 19.1. The number of carbonyl (C=O) groups is 1. The predicted octanol–water partition coefficient (Wildman–Crippen LogP) is 5.78. The van der Waals surface area contributed by atoms with E-state index in [1.807, 2.05) is 17.6 Å². The van der Waals surface area contributed by atoms with Crippen LogP contribution in [0.15, 0.2) is 79.0 Å². The number of aromatic carboxylic acids is 1. The Morgan fingerprint density at radius 2 is 1.82 bits per heavy atom. The number of aromatic nitrogens is 6. The zero-order chi connectivity index (χ0) is 31.5. The van der Waals surface area contributed by atoms with Gasteiger partial charge in [0, 0.05) is 30.2 Å². The summed E-state index contributed by atoms with van der Waals surface area (Å²) in [6.45, 7) is 2.76. The summed E-state index contributed by atoms with van der Waals surface area (Å²) in [7, 11) is 0. The first-order chi connectivity index (χ1) is 21.8. The molecule has 0 atom stereocenters. The normalized spacial score (nSPS) is 11.1. The van der Waals surface area contributed by atoms with Crippen molar-refractivity contribution in [2.24, 2.45) is 0 Å². The molecule has 6 rings (SSSR count). The van der Waals surface area contributed by atoms with Crippen LogP contribution in [0.4, 0.5) is 8.78 Å². The Hall–Kier alpha value is -5.96. The number of imidazole rings is 1. The maximum Gasteiger partial charge on any atom is 0.335 e. The molecule has 3 aromatic carbocycles. The van der Waals surface area contributed by atoms with Crippen molar-refractivity contribution in [2.75, 3.05) is 0 Å². The molecule has 0 fully saturated rings. The molecule has 0 bridgehead atoms. The number of rotatable bonds is 10. The van der Waals surface area contributed by atoms with E-state index in [1.165, 1.54) is 24.3 Å². The second-order valence-electron chi connectivity index (χ2n) is 10.2. The van der Waals surface area contributed by atoms with E-state index in [4.69, 9.17) is 15.0 Å². The standard InChI is InChI=1S/C33H25F2N7O3/c1-2-42-25(17-37-40-42)18-41-30-14-23(33(43)44)10-11-29(30)38-31(41)15-21-8-9-22(13-27(21)35)28-4-3-5-32(39-28)45-19-24-7-6-20(16-36)12-26(24)34/h3-14,17H,2,15,18-19H2,1H3,(H,43,44). The summed E-state index contributed by atoms with van der Waals surface area (Å²) < 4.78 is 39.1. The number of ether oxygens (including phenoxy) is 1. The number of pyridine rings is 1. The van der Waals surface area contributed by atoms with Crippen LogP contribution < -0.4 is 4.74 Å². The van der Waals surface area contributed by atoms with E-state index in [0.717, 1.165) is 11.8 Å². The highest BCUT2D eigenvalue weighted by molar-refractivity contribution is 5.92. The molecule has 0 saturated carbocycles. The lowest BCUT2D eigenvalue weighted by Crippen LogP contribution is -2.11. The maximum absolute atomic E-state index is 15.6. The Morgan fingerprint density at radius 1 is 1.00 bits per heavy atom. The Kier molecular flexibility index (Phi) is 7.99. The van der Waals surface area contributed by atoms with Gasteiger partial charge in [-0.05, 0) is 55.0 Å². The molecule has 12 heteroatoms. The van der Waals surface area contributed by atoms with E-state index in [1.54, 1.807) is 53.3 Å². The average Bonchev–Trinajstić information content (AvgIpc) is 3.65. The summed E-state index contributed by atoms with van der Waals surface area (Å²) >= 11 is 0. The number of nitrogens with zero attached hydrogens (tertiary/aromatic N) is 7. The van der Waals surface area contributed by atoms with Gasteiger partial charge in [-0.1, -0.05) is 29.5 Å². The number of fused-ring (bicyclic) bond motifs is 1. The molecule has 224 valence electrons. The van der Waals surface area contributed by atoms with E-state index in [2.05, 4.69) is 15.3 Å². The summed E-state index contributed by atoms with van der Waals surface area (Å²) in [4.78, 5) is 20.9. The topological polar surface area (TPSA) is 132 Å². The number of carboxylic acids is 1. The van der Waals surface area contributed by atoms with Crippen LogP contribution in [0.25, 0.3) is 22.3 Å². The lowest BCUT2D eigenvalue weighted by atomic mass is 10.1. The van der Waals surface area contributed by atoms with Crippen molar-refractivity contribution in [2.45, 2.75) is 33.0 Å². The van der Waals surface area contributed by atoms with E-state index in [-0.39, 0.29) is 35.6 Å². The van der Waals surface area contributed by atoms with Gasteiger partial charge in [-0.2, -0.15) is 5.26 Å². The molecule has 0 amide bonds. The van der Waals surface area contributed by atoms with Crippen molar-refractivity contribution in [1.29, 1.82) is 5.26 Å². The Morgan fingerprint density at radius 3 is 2.58 bits per heavy atom. The van der Waals surface area contributed by atoms with E-state index < -0.39 is 17.6 Å². The fourth-order valence-electron chi connectivity index (χ4n) is 5.01. The molecule has 3 heterocycles. The van der Waals surface area contributed by atoms with Gasteiger partial charge in [-0.3, -0.25) is 0 Å². The van der Waals surface area contributed by atoms with Gasteiger partial charge in [0.1, 0.15) is 24.1 Å². The smallest absolute Gasteiger partial charge is 0.335 e. The first kappa shape index (κ1) is 29.1. The van der Waals surface area contributed by atoms with Gasteiger partial charge in [0.05, 0.1) is 52.4 Å². The number of hydrogen-bond acceptors (Lipinski definition) is 7. The van der Waals surface area contributed by atoms with Gasteiger partial charge in [0.25, 0.3) is 0 Å². The molecule has 3 aromatic heterocycles. The van der Waals surface area contributed by atoms with Crippen LogP contribution >= 0.6 is 0 Å². The van der Waals surface area contributed by atoms with Gasteiger partial charge in [-0.25, -0.2) is 28.2 Å². The monoisotopic (exact) mass is 605 g/mol. The number of hydrogen-bond donors (Lipinski definition) is 1. The minimum absolute atomic E-state index is 0.0919. The fraction of sp³-hybridized carbons (Fsp3) is 0.152. The first-order valence-electron chi connectivity index (χ1n) is 14.0. The van der Waals surface area contributed by atoms with Crippen molar-refractivity contribution >= 4 is 17.0 Å². The van der Waals surface area contributed by atoms with Crippen molar-refractivity contribution in [1.82, 2.24) is 29.5 Å². The third-order valence-electron chi connectivity index (χ3n) is 7.37. The molecule has 45 heavy (non-hydrogen) atoms. The highest BCUT2D eigenvalue weighted by Crippen LogP contribution is 2.26. The highest BCUT2D eigenvalue weighted by Gasteiger charge is 2.18. The Balaban J connectivity index is 1.26. The molecule has 0 unspecified atom stereocenters. The number of benzene rings is 3. The largest absolute Gasteiger partial charge is 0.478 e. The van der Waals surface area contributed by atoms with Crippen LogP contribution in [-0.4, -0.2) is 40.6 Å². The minimum Gasteiger partial charge on any atom is -0.478 e. The van der Waals surface area contributed by atoms with Crippen molar-refractivity contribution in [3.8, 4) is 23.2 Å². The summed E-state index contributed by atoms with van der Waals surface area (Å²) in [5.74, 6) is -1.29. The molecule has 1 N–H and O–H groups in total. The minimum atomic E-state index is -1.06. The summed E-state index contributed by atoms with van der Waals surface area (Å²) in [5, 5.41) is 26.6. The van der Waals surface area contributed by atoms with Crippen LogP contribution in [0.3, 0.4) is 0 Å². The molecule has 0 saturated heterocycles. The third kappa shape index (κ3) is 6.09. The number of nitriles is 1. The lowest BCUT2D eigenvalue weighted by Gasteiger charge is -2.12. The summed E-state index contributed by atoms with van der Waals surface area (Å²) in [6.07, 6.45) is 1.78. The van der Waals surface area contributed by atoms with Crippen LogP contribution in [0.2, 0.25) is 0 Å². The number of halogens is 2. The fourth-order valence-corrected chi connectivity index (χ4v) is 5.01. The predicted molar refractivity (Wildman–Crippen MR) is 159 cm³/mol. The van der Waals surface area contributed by atoms with Gasteiger partial charge in [0.15, 0.2) is 0 Å². The molecule has 6 aromatic rings. The van der Waals surface area contributed by atoms with E-state index >= 15 is 4.39 Å². The summed E-state index contributed by atoms with van der Waals surface area (Å²) in [5.41, 5.74) is 3.97. The van der Waals surface area contributed by atoms with Crippen LogP contribution in [0.1, 0.15) is 45.5 Å². The van der Waals surface area contributed by atoms with Crippen LogP contribution in [0.5, 0.6) is 5.88 Å². The molecule has 0 aliphatic carbocycles. The number of aryl methyl sites for hydroxylation is 1. The van der Waals surface area contributed by atoms with Crippen molar-refractivity contribution in [3.05, 3.63) is 124 Å². The molecule has 0 aliphatic heterocycles. The molecular formula is C33H25F2N7O3. The second-order valence-corrected chi connectivity index (χ2v) is 10.2. The van der Waals surface area contributed by atoms with Crippen LogP contribution in [0, 0.1) is 23.0 Å². The molecule has 0 spiro atoms. The zero-order valence-corrected chi connectivity index (χ0v) is 24.0. The average molecular weight is 606 g/mol. The van der Waals surface area contributed by atoms with Gasteiger partial charge >= 0.3 is 5.97 Å². The summed E-state index contributed by atoms with van der Waals surface area (Å²) in [6, 6.07) is 20.6. The molecular weight excluding hydrogens is 580 g/mol. The Labute approximate surface area is 255 Å². The van der Waals surface area contributed by atoms with Crippen molar-refractivity contribution < 1.29 is 23.4 Å². The molecule has 0 aliphatic rings. The Bertz CT molecular complexity index is 2100. The van der Waals surface area contributed by atoms with Crippen LogP contribution in [-0.2, 0) is 26.1 Å². The zero-order valence-electron chi connectivity index (χ0n) is 24.0. The third-order valence-corrected chi connectivity index (χ3v) is 7.37. The van der Waals surface area contributed by atoms with Crippen molar-refractivity contribution in [3.63, 3.8) is 0 Å². The lowest BCUT2D eigenvalue weighted by molar-refractivity contribution is 0.0697. The quantitative estimate of drug-likeness (QED) is 0.208. The molecule has 10 nitrogen and oxygen atoms in total. The SMILES string of the molecule is CCn1nncc1Cn1c(Cc2ccc(-c3cccc(OCc4ccc(C#N)cc4F)n3)cc2F)nc2ccc(C(=O)O)cc21. The van der Waals surface area contributed by atoms with Gasteiger partial charge in [-0.15, -0.1) is 5.10 Å². The van der Waals surface area contributed by atoms with E-state index in [0.29, 0.717) is 46.8 Å². The van der Waals surface area contributed by atoms with E-state index in [9.17, 15) is 14.3 Å². The first-order valence-corrected chi connectivity index (χ1v) is 14.0. The maximum atomic E-state index is 15.6. The second kappa shape index (κ2) is 12.3. The van der Waals surface area contributed by atoms with Gasteiger partial charge < -0.3 is 14.4 Å². The molecule has 0 radical (unpaired) electrons. The van der Waals surface area contributed by atoms with Gasteiger partial charge in [0.2, 0.25) is 5.88 Å². The number of carboxylic acid groups (broad SMARTS) is 1.